The molecule has 0 radical (unpaired) electrons. The van der Waals surface area contributed by atoms with E-state index in [1.54, 1.807) is 18.2 Å². The number of carboxylic acids is 1. The topological polar surface area (TPSA) is 88.8 Å². The fourth-order valence-corrected chi connectivity index (χ4v) is 1.73. The lowest BCUT2D eigenvalue weighted by molar-refractivity contribution is -0.120. The van der Waals surface area contributed by atoms with Gasteiger partial charge in [-0.1, -0.05) is 6.92 Å². The number of rotatable bonds is 6. The van der Waals surface area contributed by atoms with Gasteiger partial charge in [0.1, 0.15) is 12.2 Å². The molecule has 1 aromatic carbocycles. The lowest BCUT2D eigenvalue weighted by Crippen LogP contribution is -2.18. The second-order valence-corrected chi connectivity index (χ2v) is 4.27. The number of carboxylic acid groups (broad SMARTS) is 1. The van der Waals surface area contributed by atoms with E-state index in [1.165, 1.54) is 6.07 Å². The van der Waals surface area contributed by atoms with Crippen molar-refractivity contribution in [1.82, 2.24) is 0 Å². The number of anilines is 1. The summed E-state index contributed by atoms with van der Waals surface area (Å²) in [7, 11) is 0. The highest BCUT2D eigenvalue weighted by Crippen LogP contribution is 2.23. The monoisotopic (exact) mass is 277 g/mol. The van der Waals surface area contributed by atoms with Crippen LogP contribution in [-0.4, -0.2) is 30.2 Å². The molecule has 0 bridgehead atoms. The van der Waals surface area contributed by atoms with E-state index in [9.17, 15) is 9.59 Å². The first-order valence-corrected chi connectivity index (χ1v) is 6.24. The molecular weight excluding hydrogens is 262 g/mol. The molecule has 2 rings (SSSR count). The van der Waals surface area contributed by atoms with Crippen molar-refractivity contribution in [1.29, 1.82) is 0 Å². The van der Waals surface area contributed by atoms with Crippen LogP contribution >= 0.6 is 0 Å². The molecule has 6 nitrogen and oxygen atoms in total. The second kappa shape index (κ2) is 6.21. The van der Waals surface area contributed by atoms with Gasteiger partial charge in [-0.05, 0) is 30.7 Å². The SMILES string of the molecule is CCCOCC(=O)Nc1ccc2oc(C(=O)O)cc2c1. The Morgan fingerprint density at radius 2 is 2.15 bits per heavy atom. The van der Waals surface area contributed by atoms with E-state index in [-0.39, 0.29) is 18.3 Å². The third kappa shape index (κ3) is 3.36. The number of hydrogen-bond donors (Lipinski definition) is 2. The zero-order chi connectivity index (χ0) is 14.5. The van der Waals surface area contributed by atoms with Crippen LogP contribution in [0.25, 0.3) is 11.0 Å². The van der Waals surface area contributed by atoms with Gasteiger partial charge in [0.25, 0.3) is 0 Å². The Labute approximate surface area is 115 Å². The van der Waals surface area contributed by atoms with E-state index in [0.717, 1.165) is 6.42 Å². The van der Waals surface area contributed by atoms with Crippen LogP contribution in [0.2, 0.25) is 0 Å². The molecule has 0 aliphatic rings. The average Bonchev–Trinajstić information content (AvgIpc) is 2.82. The number of amides is 1. The summed E-state index contributed by atoms with van der Waals surface area (Å²) in [6, 6.07) is 6.34. The molecular formula is C14H15NO5. The molecule has 0 saturated carbocycles. The van der Waals surface area contributed by atoms with Gasteiger partial charge in [-0.3, -0.25) is 4.79 Å². The number of nitrogens with one attached hydrogen (secondary N) is 1. The Bertz CT molecular complexity index is 632. The Morgan fingerprint density at radius 1 is 1.35 bits per heavy atom. The second-order valence-electron chi connectivity index (χ2n) is 4.27. The third-order valence-corrected chi connectivity index (χ3v) is 2.59. The normalized spacial score (nSPS) is 10.7. The van der Waals surface area contributed by atoms with E-state index in [0.29, 0.717) is 23.3 Å². The maximum Gasteiger partial charge on any atom is 0.371 e. The summed E-state index contributed by atoms with van der Waals surface area (Å²) in [5.74, 6) is -1.51. The van der Waals surface area contributed by atoms with Crippen LogP contribution in [-0.2, 0) is 9.53 Å². The Kier molecular flexibility index (Phi) is 4.37. The molecule has 20 heavy (non-hydrogen) atoms. The number of furan rings is 1. The number of aromatic carboxylic acids is 1. The molecule has 1 aromatic heterocycles. The van der Waals surface area contributed by atoms with E-state index in [1.807, 2.05) is 6.92 Å². The Morgan fingerprint density at radius 3 is 2.85 bits per heavy atom. The van der Waals surface area contributed by atoms with Crippen molar-refractivity contribution in [2.45, 2.75) is 13.3 Å². The van der Waals surface area contributed by atoms with Gasteiger partial charge in [-0.15, -0.1) is 0 Å². The van der Waals surface area contributed by atoms with Gasteiger partial charge in [-0.25, -0.2) is 4.79 Å². The van der Waals surface area contributed by atoms with Gasteiger partial charge in [0.2, 0.25) is 11.7 Å². The maximum atomic E-state index is 11.6. The fraction of sp³-hybridized carbons (Fsp3) is 0.286. The van der Waals surface area contributed by atoms with Crippen molar-refractivity contribution in [3.05, 3.63) is 30.0 Å². The first kappa shape index (κ1) is 14.1. The van der Waals surface area contributed by atoms with Crippen molar-refractivity contribution >= 4 is 28.5 Å². The van der Waals surface area contributed by atoms with E-state index in [2.05, 4.69) is 5.32 Å². The van der Waals surface area contributed by atoms with Gasteiger partial charge in [0.15, 0.2) is 0 Å². The fourth-order valence-electron chi connectivity index (χ4n) is 1.73. The molecule has 0 aliphatic heterocycles. The summed E-state index contributed by atoms with van der Waals surface area (Å²) in [6.45, 7) is 2.50. The van der Waals surface area contributed by atoms with Crippen LogP contribution in [0.4, 0.5) is 5.69 Å². The summed E-state index contributed by atoms with van der Waals surface area (Å²) in [5, 5.41) is 12.1. The van der Waals surface area contributed by atoms with Gasteiger partial charge in [0, 0.05) is 17.7 Å². The molecule has 0 unspecified atom stereocenters. The standard InChI is InChI=1S/C14H15NO5/c1-2-5-19-8-13(16)15-10-3-4-11-9(6-10)7-12(20-11)14(17)18/h3-4,6-7H,2,5,8H2,1H3,(H,15,16)(H,17,18). The summed E-state index contributed by atoms with van der Waals surface area (Å²) < 4.78 is 10.3. The molecule has 6 heteroatoms. The minimum absolute atomic E-state index is 0.00234. The van der Waals surface area contributed by atoms with Crippen LogP contribution in [0.5, 0.6) is 0 Å². The molecule has 0 aliphatic carbocycles. The zero-order valence-corrected chi connectivity index (χ0v) is 11.0. The molecule has 0 fully saturated rings. The average molecular weight is 277 g/mol. The summed E-state index contributed by atoms with van der Waals surface area (Å²) in [5.41, 5.74) is 1.03. The molecule has 1 heterocycles. The molecule has 0 saturated heterocycles. The third-order valence-electron chi connectivity index (χ3n) is 2.59. The van der Waals surface area contributed by atoms with Crippen molar-refractivity contribution in [2.24, 2.45) is 0 Å². The minimum Gasteiger partial charge on any atom is -0.475 e. The van der Waals surface area contributed by atoms with E-state index >= 15 is 0 Å². The predicted octanol–water partition coefficient (Wildman–Crippen LogP) is 2.50. The summed E-state index contributed by atoms with van der Waals surface area (Å²) in [6.07, 6.45) is 0.853. The van der Waals surface area contributed by atoms with Crippen LogP contribution < -0.4 is 5.32 Å². The number of hydrogen-bond acceptors (Lipinski definition) is 4. The number of ether oxygens (including phenoxy) is 1. The minimum atomic E-state index is -1.13. The predicted molar refractivity (Wildman–Crippen MR) is 72.9 cm³/mol. The Balaban J connectivity index is 2.07. The highest BCUT2D eigenvalue weighted by atomic mass is 16.5. The quantitative estimate of drug-likeness (QED) is 0.792. The number of benzene rings is 1. The van der Waals surface area contributed by atoms with Crippen LogP contribution in [0.15, 0.2) is 28.7 Å². The Hall–Kier alpha value is -2.34. The van der Waals surface area contributed by atoms with Crippen molar-refractivity contribution in [3.8, 4) is 0 Å². The van der Waals surface area contributed by atoms with E-state index < -0.39 is 5.97 Å². The summed E-state index contributed by atoms with van der Waals surface area (Å²) >= 11 is 0. The van der Waals surface area contributed by atoms with Gasteiger partial charge >= 0.3 is 5.97 Å². The van der Waals surface area contributed by atoms with Crippen molar-refractivity contribution in [2.75, 3.05) is 18.5 Å². The zero-order valence-electron chi connectivity index (χ0n) is 11.0. The van der Waals surface area contributed by atoms with Crippen LogP contribution in [0, 0.1) is 0 Å². The van der Waals surface area contributed by atoms with Gasteiger partial charge in [-0.2, -0.15) is 0 Å². The van der Waals surface area contributed by atoms with Crippen LogP contribution in [0.1, 0.15) is 23.9 Å². The first-order chi connectivity index (χ1) is 9.60. The highest BCUT2D eigenvalue weighted by Gasteiger charge is 2.11. The molecule has 2 aromatic rings. The van der Waals surface area contributed by atoms with Gasteiger partial charge in [0.05, 0.1) is 0 Å². The summed E-state index contributed by atoms with van der Waals surface area (Å²) in [4.78, 5) is 22.4. The smallest absolute Gasteiger partial charge is 0.371 e. The number of fused-ring (bicyclic) bond motifs is 1. The molecule has 106 valence electrons. The molecule has 0 atom stereocenters. The van der Waals surface area contributed by atoms with Gasteiger partial charge < -0.3 is 19.6 Å². The number of carbonyl (C=O) groups excluding carboxylic acids is 1. The van der Waals surface area contributed by atoms with Crippen molar-refractivity contribution in [3.63, 3.8) is 0 Å². The largest absolute Gasteiger partial charge is 0.475 e. The van der Waals surface area contributed by atoms with Crippen molar-refractivity contribution < 1.29 is 23.8 Å². The maximum absolute atomic E-state index is 11.6. The molecule has 1 amide bonds. The lowest BCUT2D eigenvalue weighted by atomic mass is 10.2. The molecule has 2 N–H and O–H groups in total. The lowest BCUT2D eigenvalue weighted by Gasteiger charge is -2.05. The van der Waals surface area contributed by atoms with E-state index in [4.69, 9.17) is 14.3 Å². The number of carbonyl (C=O) groups is 2. The first-order valence-electron chi connectivity index (χ1n) is 6.24. The highest BCUT2D eigenvalue weighted by molar-refractivity contribution is 5.96. The van der Waals surface area contributed by atoms with Crippen LogP contribution in [0.3, 0.4) is 0 Å². The molecule has 0 spiro atoms.